The van der Waals surface area contributed by atoms with Gasteiger partial charge in [0.05, 0.1) is 11.6 Å². The van der Waals surface area contributed by atoms with Crippen LogP contribution in [0.4, 0.5) is 0 Å². The monoisotopic (exact) mass is 323 g/mol. The fraction of sp³-hybridized carbons (Fsp3) is 0.250. The summed E-state index contributed by atoms with van der Waals surface area (Å²) in [7, 11) is 0. The molecule has 0 fully saturated rings. The van der Waals surface area contributed by atoms with Crippen LogP contribution in [0.3, 0.4) is 0 Å². The number of rotatable bonds is 3. The number of para-hydroxylation sites is 1. The highest BCUT2D eigenvalue weighted by Gasteiger charge is 2.21. The number of hydrogen-bond donors (Lipinski definition) is 2. The van der Waals surface area contributed by atoms with E-state index in [4.69, 9.17) is 27.9 Å². The Morgan fingerprint density at radius 3 is 2.90 bits per heavy atom. The average molecular weight is 324 g/mol. The lowest BCUT2D eigenvalue weighted by atomic mass is 10.0. The summed E-state index contributed by atoms with van der Waals surface area (Å²) >= 11 is 11.9. The molecule has 21 heavy (non-hydrogen) atoms. The molecule has 110 valence electrons. The summed E-state index contributed by atoms with van der Waals surface area (Å²) < 4.78 is 5.64. The van der Waals surface area contributed by atoms with E-state index < -0.39 is 0 Å². The SMILES string of the molecule is Oc1c(Cl)cc(Cl)cc1CNC1CCOc2ccccc21. The lowest BCUT2D eigenvalue weighted by Crippen LogP contribution is -2.26. The molecule has 0 amide bonds. The minimum Gasteiger partial charge on any atom is -0.506 e. The summed E-state index contributed by atoms with van der Waals surface area (Å²) in [6, 6.07) is 11.4. The Morgan fingerprint density at radius 2 is 2.05 bits per heavy atom. The molecule has 0 saturated heterocycles. The van der Waals surface area contributed by atoms with Crippen molar-refractivity contribution >= 4 is 23.2 Å². The third kappa shape index (κ3) is 3.10. The zero-order valence-electron chi connectivity index (χ0n) is 11.3. The molecule has 2 N–H and O–H groups in total. The Bertz CT molecular complexity index is 661. The molecule has 3 rings (SSSR count). The van der Waals surface area contributed by atoms with Crippen molar-refractivity contribution in [2.75, 3.05) is 6.61 Å². The van der Waals surface area contributed by atoms with Gasteiger partial charge in [-0.05, 0) is 18.2 Å². The Labute approximate surface area is 133 Å². The van der Waals surface area contributed by atoms with E-state index in [-0.39, 0.29) is 16.8 Å². The fourth-order valence-corrected chi connectivity index (χ4v) is 3.08. The number of benzene rings is 2. The maximum atomic E-state index is 9.99. The third-order valence-electron chi connectivity index (χ3n) is 3.60. The summed E-state index contributed by atoms with van der Waals surface area (Å²) in [4.78, 5) is 0. The third-order valence-corrected chi connectivity index (χ3v) is 4.11. The van der Waals surface area contributed by atoms with Crippen molar-refractivity contribution in [2.24, 2.45) is 0 Å². The van der Waals surface area contributed by atoms with Crippen molar-refractivity contribution in [3.05, 3.63) is 57.6 Å². The highest BCUT2D eigenvalue weighted by molar-refractivity contribution is 6.35. The molecule has 1 aliphatic rings. The summed E-state index contributed by atoms with van der Waals surface area (Å²) in [5.74, 6) is 0.989. The largest absolute Gasteiger partial charge is 0.506 e. The van der Waals surface area contributed by atoms with Crippen molar-refractivity contribution in [1.82, 2.24) is 5.32 Å². The molecule has 2 aromatic rings. The standard InChI is InChI=1S/C16H15Cl2NO2/c17-11-7-10(16(20)13(18)8-11)9-19-14-5-6-21-15-4-2-1-3-12(14)15/h1-4,7-8,14,19-20H,5-6,9H2. The molecule has 5 heteroatoms. The highest BCUT2D eigenvalue weighted by atomic mass is 35.5. The zero-order chi connectivity index (χ0) is 14.8. The second-order valence-corrected chi connectivity index (χ2v) is 5.85. The van der Waals surface area contributed by atoms with Gasteiger partial charge in [0.1, 0.15) is 11.5 Å². The number of fused-ring (bicyclic) bond motifs is 1. The fourth-order valence-electron chi connectivity index (χ4n) is 2.54. The van der Waals surface area contributed by atoms with E-state index in [2.05, 4.69) is 11.4 Å². The van der Waals surface area contributed by atoms with Crippen LogP contribution in [-0.2, 0) is 6.54 Å². The lowest BCUT2D eigenvalue weighted by molar-refractivity contribution is 0.252. The summed E-state index contributed by atoms with van der Waals surface area (Å²) in [6.07, 6.45) is 0.881. The van der Waals surface area contributed by atoms with E-state index in [1.807, 2.05) is 18.2 Å². The molecule has 1 heterocycles. The lowest BCUT2D eigenvalue weighted by Gasteiger charge is -2.27. The van der Waals surface area contributed by atoms with Crippen LogP contribution in [0.25, 0.3) is 0 Å². The number of ether oxygens (including phenoxy) is 1. The maximum Gasteiger partial charge on any atom is 0.138 e. The van der Waals surface area contributed by atoms with Crippen molar-refractivity contribution in [2.45, 2.75) is 19.0 Å². The van der Waals surface area contributed by atoms with E-state index >= 15 is 0 Å². The Kier molecular flexibility index (Phi) is 4.24. The molecular formula is C16H15Cl2NO2. The average Bonchev–Trinajstić information content (AvgIpc) is 2.49. The van der Waals surface area contributed by atoms with Gasteiger partial charge in [0, 0.05) is 35.2 Å². The second kappa shape index (κ2) is 6.14. The first-order chi connectivity index (χ1) is 10.1. The van der Waals surface area contributed by atoms with Crippen LogP contribution in [0.2, 0.25) is 10.0 Å². The van der Waals surface area contributed by atoms with Crippen molar-refractivity contribution in [1.29, 1.82) is 0 Å². The molecule has 0 aromatic heterocycles. The molecule has 0 aliphatic carbocycles. The number of aromatic hydroxyl groups is 1. The Morgan fingerprint density at radius 1 is 1.24 bits per heavy atom. The number of halogens is 2. The number of nitrogens with one attached hydrogen (secondary N) is 1. The number of hydrogen-bond acceptors (Lipinski definition) is 3. The van der Waals surface area contributed by atoms with Gasteiger partial charge in [0.25, 0.3) is 0 Å². The van der Waals surface area contributed by atoms with Crippen LogP contribution in [0.5, 0.6) is 11.5 Å². The van der Waals surface area contributed by atoms with E-state index in [9.17, 15) is 5.11 Å². The van der Waals surface area contributed by atoms with E-state index in [1.165, 1.54) is 6.07 Å². The molecule has 1 atom stereocenters. The summed E-state index contributed by atoms with van der Waals surface area (Å²) in [6.45, 7) is 1.17. The minimum atomic E-state index is 0.0777. The van der Waals surface area contributed by atoms with Crippen LogP contribution < -0.4 is 10.1 Å². The first kappa shape index (κ1) is 14.5. The van der Waals surface area contributed by atoms with Gasteiger partial charge in [-0.15, -0.1) is 0 Å². The molecule has 2 aromatic carbocycles. The van der Waals surface area contributed by atoms with E-state index in [0.717, 1.165) is 17.7 Å². The minimum absolute atomic E-state index is 0.0777. The Hall–Kier alpha value is -1.42. The van der Waals surface area contributed by atoms with Gasteiger partial charge in [0.15, 0.2) is 0 Å². The van der Waals surface area contributed by atoms with E-state index in [0.29, 0.717) is 23.7 Å². The molecule has 0 radical (unpaired) electrons. The molecule has 1 aliphatic heterocycles. The molecule has 1 unspecified atom stereocenters. The molecule has 3 nitrogen and oxygen atoms in total. The van der Waals surface area contributed by atoms with Gasteiger partial charge in [-0.25, -0.2) is 0 Å². The van der Waals surface area contributed by atoms with Gasteiger partial charge in [-0.1, -0.05) is 41.4 Å². The molecular weight excluding hydrogens is 309 g/mol. The zero-order valence-corrected chi connectivity index (χ0v) is 12.8. The predicted molar refractivity (Wildman–Crippen MR) is 84.3 cm³/mol. The van der Waals surface area contributed by atoms with Crippen LogP contribution in [0.1, 0.15) is 23.6 Å². The van der Waals surface area contributed by atoms with Crippen LogP contribution >= 0.6 is 23.2 Å². The van der Waals surface area contributed by atoms with E-state index in [1.54, 1.807) is 6.07 Å². The first-order valence-corrected chi connectivity index (χ1v) is 7.53. The van der Waals surface area contributed by atoms with Gasteiger partial charge in [-0.3, -0.25) is 0 Å². The maximum absolute atomic E-state index is 9.99. The van der Waals surface area contributed by atoms with Gasteiger partial charge in [0.2, 0.25) is 0 Å². The number of phenols is 1. The Balaban J connectivity index is 1.78. The van der Waals surface area contributed by atoms with Gasteiger partial charge >= 0.3 is 0 Å². The summed E-state index contributed by atoms with van der Waals surface area (Å²) in [5, 5.41) is 14.2. The smallest absolute Gasteiger partial charge is 0.138 e. The van der Waals surface area contributed by atoms with Crippen molar-refractivity contribution in [3.63, 3.8) is 0 Å². The summed E-state index contributed by atoms with van der Waals surface area (Å²) in [5.41, 5.74) is 1.83. The topological polar surface area (TPSA) is 41.5 Å². The number of phenolic OH excluding ortho intramolecular Hbond substituents is 1. The molecule has 0 spiro atoms. The van der Waals surface area contributed by atoms with Crippen LogP contribution in [0.15, 0.2) is 36.4 Å². The van der Waals surface area contributed by atoms with Crippen molar-refractivity contribution < 1.29 is 9.84 Å². The van der Waals surface area contributed by atoms with Crippen LogP contribution in [0, 0.1) is 0 Å². The van der Waals surface area contributed by atoms with Gasteiger partial charge in [-0.2, -0.15) is 0 Å². The normalized spacial score (nSPS) is 17.1. The second-order valence-electron chi connectivity index (χ2n) is 5.00. The van der Waals surface area contributed by atoms with Gasteiger partial charge < -0.3 is 15.2 Å². The quantitative estimate of drug-likeness (QED) is 0.884. The first-order valence-electron chi connectivity index (χ1n) is 6.77. The van der Waals surface area contributed by atoms with Crippen molar-refractivity contribution in [3.8, 4) is 11.5 Å². The molecule has 0 bridgehead atoms. The predicted octanol–water partition coefficient (Wildman–Crippen LogP) is 4.31. The highest BCUT2D eigenvalue weighted by Crippen LogP contribution is 2.34. The van der Waals surface area contributed by atoms with Crippen LogP contribution in [-0.4, -0.2) is 11.7 Å². The molecule has 0 saturated carbocycles.